The summed E-state index contributed by atoms with van der Waals surface area (Å²) in [6.07, 6.45) is 3.18. The van der Waals surface area contributed by atoms with E-state index in [0.717, 1.165) is 0 Å². The Labute approximate surface area is 89.1 Å². The third kappa shape index (κ3) is 3.62. The molecule has 0 amide bonds. The third-order valence-corrected chi connectivity index (χ3v) is 2.50. The van der Waals surface area contributed by atoms with Crippen molar-refractivity contribution in [1.82, 2.24) is 0 Å². The fraction of sp³-hybridized carbons (Fsp3) is 0.200. The Balaban J connectivity index is 2.82. The van der Waals surface area contributed by atoms with Crippen molar-refractivity contribution in [3.8, 4) is 17.8 Å². The average molecular weight is 225 g/mol. The summed E-state index contributed by atoms with van der Waals surface area (Å²) < 4.78 is 26.8. The second-order valence-electron chi connectivity index (χ2n) is 2.75. The molecule has 0 aliphatic rings. The van der Waals surface area contributed by atoms with Crippen LogP contribution in [0, 0.1) is 12.0 Å². The summed E-state index contributed by atoms with van der Waals surface area (Å²) >= 11 is 0. The fourth-order valence-corrected chi connectivity index (χ4v) is 1.38. The van der Waals surface area contributed by atoms with Crippen LogP contribution in [-0.4, -0.2) is 8.42 Å². The van der Waals surface area contributed by atoms with Gasteiger partial charge in [0.2, 0.25) is 10.0 Å². The lowest BCUT2D eigenvalue weighted by Crippen LogP contribution is -2.11. The first-order valence-electron chi connectivity index (χ1n) is 4.31. The van der Waals surface area contributed by atoms with Crippen LogP contribution in [0.3, 0.4) is 0 Å². The second-order valence-corrected chi connectivity index (χ2v) is 4.31. The molecule has 80 valence electrons. The number of primary sulfonamides is 1. The summed E-state index contributed by atoms with van der Waals surface area (Å²) in [5.41, 5.74) is 0. The van der Waals surface area contributed by atoms with Gasteiger partial charge in [-0.05, 0) is 24.3 Å². The number of hydrogen-bond donors (Lipinski definition) is 1. The third-order valence-electron chi connectivity index (χ3n) is 1.57. The van der Waals surface area contributed by atoms with Gasteiger partial charge in [0.1, 0.15) is 11.9 Å². The smallest absolute Gasteiger partial charge is 0.238 e. The van der Waals surface area contributed by atoms with E-state index in [1.54, 1.807) is 0 Å². The molecule has 0 aliphatic carbocycles. The topological polar surface area (TPSA) is 69.4 Å². The van der Waals surface area contributed by atoms with Crippen LogP contribution in [0.5, 0.6) is 5.75 Å². The maximum absolute atomic E-state index is 10.9. The predicted molar refractivity (Wildman–Crippen MR) is 56.5 cm³/mol. The lowest BCUT2D eigenvalue weighted by molar-refractivity contribution is 0.518. The zero-order valence-electron chi connectivity index (χ0n) is 8.23. The summed E-state index contributed by atoms with van der Waals surface area (Å²) in [6.45, 7) is 1.90. The van der Waals surface area contributed by atoms with Gasteiger partial charge in [0, 0.05) is 6.42 Å². The van der Waals surface area contributed by atoms with Crippen LogP contribution in [0.4, 0.5) is 0 Å². The molecule has 0 unspecified atom stereocenters. The number of hydrogen-bond acceptors (Lipinski definition) is 3. The molecule has 0 atom stereocenters. The summed E-state index contributed by atoms with van der Waals surface area (Å²) in [5, 5.41) is 4.93. The van der Waals surface area contributed by atoms with Crippen molar-refractivity contribution in [3.05, 3.63) is 24.3 Å². The van der Waals surface area contributed by atoms with Crippen molar-refractivity contribution in [1.29, 1.82) is 0 Å². The molecule has 5 heteroatoms. The van der Waals surface area contributed by atoms with Gasteiger partial charge >= 0.3 is 0 Å². The second kappa shape index (κ2) is 4.82. The predicted octanol–water partition coefficient (Wildman–Crippen LogP) is 1.08. The van der Waals surface area contributed by atoms with Crippen molar-refractivity contribution in [2.75, 3.05) is 0 Å². The molecule has 1 aromatic carbocycles. The van der Waals surface area contributed by atoms with Crippen molar-refractivity contribution in [2.45, 2.75) is 18.2 Å². The Morgan fingerprint density at radius 1 is 1.33 bits per heavy atom. The zero-order valence-corrected chi connectivity index (χ0v) is 9.04. The van der Waals surface area contributed by atoms with Gasteiger partial charge in [-0.15, -0.1) is 0 Å². The maximum atomic E-state index is 10.9. The number of rotatable bonds is 2. The van der Waals surface area contributed by atoms with Gasteiger partial charge in [-0.3, -0.25) is 0 Å². The van der Waals surface area contributed by atoms with Crippen LogP contribution in [0.25, 0.3) is 0 Å². The van der Waals surface area contributed by atoms with Gasteiger partial charge in [0.15, 0.2) is 0 Å². The summed E-state index contributed by atoms with van der Waals surface area (Å²) in [5.74, 6) is 3.22. The Bertz CT molecular complexity index is 480. The van der Waals surface area contributed by atoms with Gasteiger partial charge in [0.25, 0.3) is 0 Å². The first-order valence-corrected chi connectivity index (χ1v) is 5.86. The lowest BCUT2D eigenvalue weighted by Gasteiger charge is -1.99. The van der Waals surface area contributed by atoms with E-state index in [1.807, 2.05) is 6.92 Å². The van der Waals surface area contributed by atoms with E-state index < -0.39 is 10.0 Å². The number of sulfonamides is 1. The molecule has 2 N–H and O–H groups in total. The molecule has 0 spiro atoms. The highest BCUT2D eigenvalue weighted by Crippen LogP contribution is 2.14. The molecular weight excluding hydrogens is 214 g/mol. The highest BCUT2D eigenvalue weighted by Gasteiger charge is 2.06. The van der Waals surface area contributed by atoms with E-state index >= 15 is 0 Å². The first kappa shape index (κ1) is 11.6. The van der Waals surface area contributed by atoms with Crippen molar-refractivity contribution in [3.63, 3.8) is 0 Å². The average Bonchev–Trinajstić information content (AvgIpc) is 2.18. The van der Waals surface area contributed by atoms with E-state index in [4.69, 9.17) is 9.88 Å². The van der Waals surface area contributed by atoms with Crippen molar-refractivity contribution in [2.24, 2.45) is 5.14 Å². The van der Waals surface area contributed by atoms with E-state index in [1.165, 1.54) is 24.3 Å². The molecular formula is C10H11NO3S. The van der Waals surface area contributed by atoms with Gasteiger partial charge < -0.3 is 4.74 Å². The van der Waals surface area contributed by atoms with E-state index in [-0.39, 0.29) is 4.90 Å². The zero-order chi connectivity index (χ0) is 11.3. The van der Waals surface area contributed by atoms with Crippen molar-refractivity contribution >= 4 is 10.0 Å². The summed E-state index contributed by atoms with van der Waals surface area (Å²) in [7, 11) is -3.64. The molecule has 0 aliphatic heterocycles. The van der Waals surface area contributed by atoms with Gasteiger partial charge in [-0.1, -0.05) is 12.8 Å². The molecule has 1 rings (SSSR count). The minimum atomic E-state index is -3.64. The minimum Gasteiger partial charge on any atom is -0.408 e. The summed E-state index contributed by atoms with van der Waals surface area (Å²) in [4.78, 5) is 0.0540. The number of benzene rings is 1. The van der Waals surface area contributed by atoms with Crippen molar-refractivity contribution < 1.29 is 13.2 Å². The summed E-state index contributed by atoms with van der Waals surface area (Å²) in [6, 6.07) is 5.75. The standard InChI is InChI=1S/C10H11NO3S/c1-2-3-8-14-9-4-6-10(7-5-9)15(11,12)13/h4-7H,2H2,1H3,(H2,11,12,13). The largest absolute Gasteiger partial charge is 0.408 e. The Morgan fingerprint density at radius 3 is 2.40 bits per heavy atom. The fourth-order valence-electron chi connectivity index (χ4n) is 0.865. The van der Waals surface area contributed by atoms with Crippen LogP contribution in [0.1, 0.15) is 13.3 Å². The van der Waals surface area contributed by atoms with E-state index in [0.29, 0.717) is 12.2 Å². The maximum Gasteiger partial charge on any atom is 0.238 e. The molecule has 4 nitrogen and oxygen atoms in total. The lowest BCUT2D eigenvalue weighted by atomic mass is 10.3. The van der Waals surface area contributed by atoms with E-state index in [9.17, 15) is 8.42 Å². The molecule has 0 fully saturated rings. The van der Waals surface area contributed by atoms with Gasteiger partial charge in [-0.25, -0.2) is 13.6 Å². The molecule has 1 aromatic rings. The highest BCUT2D eigenvalue weighted by atomic mass is 32.2. The highest BCUT2D eigenvalue weighted by molar-refractivity contribution is 7.89. The minimum absolute atomic E-state index is 0.0540. The Morgan fingerprint density at radius 2 is 1.93 bits per heavy atom. The van der Waals surface area contributed by atoms with Crippen LogP contribution in [-0.2, 0) is 10.0 Å². The molecule has 0 bridgehead atoms. The molecule has 0 aromatic heterocycles. The normalized spacial score (nSPS) is 10.3. The van der Waals surface area contributed by atoms with Crippen LogP contribution >= 0.6 is 0 Å². The van der Waals surface area contributed by atoms with Gasteiger partial charge in [0.05, 0.1) is 4.90 Å². The SMILES string of the molecule is CCC#COc1ccc(S(N)(=O)=O)cc1. The quantitative estimate of drug-likeness (QED) is 0.766. The monoisotopic (exact) mass is 225 g/mol. The van der Waals surface area contributed by atoms with Gasteiger partial charge in [-0.2, -0.15) is 0 Å². The molecule has 0 radical (unpaired) electrons. The Hall–Kier alpha value is -1.51. The van der Waals surface area contributed by atoms with Crippen LogP contribution in [0.2, 0.25) is 0 Å². The van der Waals surface area contributed by atoms with E-state index in [2.05, 4.69) is 12.0 Å². The molecule has 0 saturated heterocycles. The Kier molecular flexibility index (Phi) is 3.72. The number of ether oxygens (including phenoxy) is 1. The molecule has 0 saturated carbocycles. The first-order chi connectivity index (χ1) is 7.04. The van der Waals surface area contributed by atoms with Crippen LogP contribution < -0.4 is 9.88 Å². The van der Waals surface area contributed by atoms with Crippen LogP contribution in [0.15, 0.2) is 29.2 Å². The molecule has 0 heterocycles. The number of nitrogens with two attached hydrogens (primary N) is 1. The molecule has 15 heavy (non-hydrogen) atoms.